The maximum Gasteiger partial charge on any atom is 0.311 e. The quantitative estimate of drug-likeness (QED) is 0.386. The van der Waals surface area contributed by atoms with Gasteiger partial charge in [0, 0.05) is 7.11 Å². The highest BCUT2D eigenvalue weighted by Crippen LogP contribution is 2.40. The van der Waals surface area contributed by atoms with Gasteiger partial charge < -0.3 is 29.0 Å². The van der Waals surface area contributed by atoms with Crippen molar-refractivity contribution in [2.45, 2.75) is 56.7 Å². The first-order chi connectivity index (χ1) is 12.3. The fraction of sp³-hybridized carbons (Fsp3) is 0.667. The van der Waals surface area contributed by atoms with Crippen LogP contribution >= 0.6 is 0 Å². The molecule has 26 heavy (non-hydrogen) atoms. The molecule has 0 aliphatic carbocycles. The fourth-order valence-corrected chi connectivity index (χ4v) is 3.42. The van der Waals surface area contributed by atoms with Crippen molar-refractivity contribution in [2.75, 3.05) is 14.2 Å². The summed E-state index contributed by atoms with van der Waals surface area (Å²) < 4.78 is 28.1. The lowest BCUT2D eigenvalue weighted by atomic mass is 9.88. The van der Waals surface area contributed by atoms with E-state index in [9.17, 15) is 9.59 Å². The highest BCUT2D eigenvalue weighted by molar-refractivity contribution is 5.87. The van der Waals surface area contributed by atoms with E-state index in [1.54, 1.807) is 19.9 Å². The van der Waals surface area contributed by atoms with Gasteiger partial charge in [-0.1, -0.05) is 12.7 Å². The number of amides is 1. The number of esters is 1. The van der Waals surface area contributed by atoms with Crippen LogP contribution in [0.25, 0.3) is 0 Å². The Morgan fingerprint density at radius 1 is 1.27 bits per heavy atom. The van der Waals surface area contributed by atoms with E-state index in [4.69, 9.17) is 23.7 Å². The Morgan fingerprint density at radius 2 is 1.96 bits per heavy atom. The van der Waals surface area contributed by atoms with Crippen LogP contribution in [0.1, 0.15) is 20.3 Å². The van der Waals surface area contributed by atoms with E-state index in [0.29, 0.717) is 0 Å². The van der Waals surface area contributed by atoms with Crippen molar-refractivity contribution in [3.63, 3.8) is 0 Å². The zero-order valence-electron chi connectivity index (χ0n) is 15.6. The van der Waals surface area contributed by atoms with Gasteiger partial charge in [-0.05, 0) is 26.3 Å². The van der Waals surface area contributed by atoms with E-state index < -0.39 is 54.2 Å². The Bertz CT molecular complexity index is 562. The summed E-state index contributed by atoms with van der Waals surface area (Å²) in [6.07, 6.45) is 0.627. The third-order valence-corrected chi connectivity index (χ3v) is 4.51. The van der Waals surface area contributed by atoms with Gasteiger partial charge in [0.15, 0.2) is 12.1 Å². The highest BCUT2D eigenvalue weighted by Gasteiger charge is 2.58. The maximum atomic E-state index is 12.3. The molecular formula is C18H27NO7. The summed E-state index contributed by atoms with van der Waals surface area (Å²) in [7, 11) is 2.81. The van der Waals surface area contributed by atoms with Gasteiger partial charge in [-0.2, -0.15) is 0 Å². The van der Waals surface area contributed by atoms with Gasteiger partial charge in [0.25, 0.3) is 0 Å². The van der Waals surface area contributed by atoms with Crippen LogP contribution in [0, 0.1) is 5.92 Å². The lowest BCUT2D eigenvalue weighted by molar-refractivity contribution is -0.222. The van der Waals surface area contributed by atoms with Crippen LogP contribution in [0.4, 0.5) is 0 Å². The molecule has 0 saturated carbocycles. The zero-order valence-corrected chi connectivity index (χ0v) is 15.6. The normalized spacial score (nSPS) is 31.5. The number of nitrogens with one attached hydrogen (secondary N) is 1. The summed E-state index contributed by atoms with van der Waals surface area (Å²) in [5.41, 5.74) is 0. The second-order valence-electron chi connectivity index (χ2n) is 6.66. The van der Waals surface area contributed by atoms with E-state index in [2.05, 4.69) is 18.5 Å². The molecule has 2 rings (SSSR count). The fourth-order valence-electron chi connectivity index (χ4n) is 3.42. The molecule has 0 aromatic heterocycles. The molecule has 2 heterocycles. The molecule has 1 N–H and O–H groups in total. The maximum absolute atomic E-state index is 12.3. The number of carbonyl (C=O) groups is 2. The van der Waals surface area contributed by atoms with Crippen LogP contribution in [0.2, 0.25) is 0 Å². The molecule has 2 saturated heterocycles. The van der Waals surface area contributed by atoms with E-state index in [0.717, 1.165) is 6.08 Å². The molecule has 0 bridgehead atoms. The molecule has 2 aliphatic rings. The molecule has 2 aliphatic heterocycles. The molecule has 1 amide bonds. The van der Waals surface area contributed by atoms with Crippen molar-refractivity contribution in [1.29, 1.82) is 0 Å². The zero-order chi connectivity index (χ0) is 19.5. The first-order valence-electron chi connectivity index (χ1n) is 8.43. The lowest BCUT2D eigenvalue weighted by Crippen LogP contribution is -2.55. The van der Waals surface area contributed by atoms with Gasteiger partial charge in [-0.25, -0.2) is 0 Å². The molecular weight excluding hydrogens is 342 g/mol. The van der Waals surface area contributed by atoms with Crippen LogP contribution in [0.5, 0.6) is 0 Å². The van der Waals surface area contributed by atoms with Crippen LogP contribution in [-0.4, -0.2) is 62.5 Å². The number of hydrogen-bond acceptors (Lipinski definition) is 7. The predicted octanol–water partition coefficient (Wildman–Crippen LogP) is 0.914. The summed E-state index contributed by atoms with van der Waals surface area (Å²) in [6.45, 7) is 10.7. The number of carbonyl (C=O) groups excluding carboxylic acids is 2. The molecule has 0 radical (unpaired) electrons. The number of hydrogen-bond donors (Lipinski definition) is 1. The second-order valence-corrected chi connectivity index (χ2v) is 6.66. The van der Waals surface area contributed by atoms with Crippen LogP contribution in [-0.2, 0) is 33.3 Å². The highest BCUT2D eigenvalue weighted by atomic mass is 16.8. The summed E-state index contributed by atoms with van der Waals surface area (Å²) in [6, 6.07) is -0.739. The monoisotopic (exact) mass is 369 g/mol. The Labute approximate surface area is 153 Å². The molecule has 6 atom stereocenters. The molecule has 8 heteroatoms. The van der Waals surface area contributed by atoms with Gasteiger partial charge in [-0.15, -0.1) is 6.58 Å². The van der Waals surface area contributed by atoms with Gasteiger partial charge in [0.1, 0.15) is 18.3 Å². The Morgan fingerprint density at radius 3 is 2.50 bits per heavy atom. The molecule has 0 aromatic rings. The van der Waals surface area contributed by atoms with E-state index in [1.165, 1.54) is 14.2 Å². The van der Waals surface area contributed by atoms with Crippen molar-refractivity contribution in [1.82, 2.24) is 5.32 Å². The minimum atomic E-state index is -0.806. The molecule has 0 spiro atoms. The number of rotatable bonds is 8. The van der Waals surface area contributed by atoms with Crippen molar-refractivity contribution in [2.24, 2.45) is 5.92 Å². The summed E-state index contributed by atoms with van der Waals surface area (Å²) in [5, 5.41) is 2.76. The Hall–Kier alpha value is -1.74. The average molecular weight is 369 g/mol. The first-order valence-corrected chi connectivity index (χ1v) is 8.43. The van der Waals surface area contributed by atoms with Gasteiger partial charge >= 0.3 is 5.97 Å². The Kier molecular flexibility index (Phi) is 6.57. The second kappa shape index (κ2) is 8.30. The summed E-state index contributed by atoms with van der Waals surface area (Å²) in [5.74, 6) is -2.45. The van der Waals surface area contributed by atoms with Crippen molar-refractivity contribution < 1.29 is 33.3 Å². The average Bonchev–Trinajstić information content (AvgIpc) is 3.07. The van der Waals surface area contributed by atoms with Crippen LogP contribution in [0.3, 0.4) is 0 Å². The topological polar surface area (TPSA) is 92.3 Å². The number of allylic oxidation sites excluding steroid dienone is 1. The number of fused-ring (bicyclic) bond motifs is 1. The van der Waals surface area contributed by atoms with Crippen molar-refractivity contribution in [3.8, 4) is 0 Å². The largest absolute Gasteiger partial charge is 0.469 e. The minimum absolute atomic E-state index is 0.285. The van der Waals surface area contributed by atoms with Crippen molar-refractivity contribution in [3.05, 3.63) is 25.3 Å². The summed E-state index contributed by atoms with van der Waals surface area (Å²) >= 11 is 0. The third kappa shape index (κ3) is 4.15. The summed E-state index contributed by atoms with van der Waals surface area (Å²) in [4.78, 5) is 24.3. The predicted molar refractivity (Wildman–Crippen MR) is 91.9 cm³/mol. The first kappa shape index (κ1) is 20.6. The molecule has 0 aromatic carbocycles. The molecule has 8 nitrogen and oxygen atoms in total. The van der Waals surface area contributed by atoms with Crippen LogP contribution < -0.4 is 5.32 Å². The molecule has 146 valence electrons. The number of ether oxygens (including phenoxy) is 5. The lowest BCUT2D eigenvalue weighted by Gasteiger charge is -2.34. The minimum Gasteiger partial charge on any atom is -0.469 e. The SMILES string of the molecule is C=CC[C@H](C(=O)OC)[C@H](NC(=O)C=C)[C@H]1O[C@@H]2OC(C)(C)O[C@@H]2[C@H]1OC. The van der Waals surface area contributed by atoms with Crippen molar-refractivity contribution >= 4 is 11.9 Å². The van der Waals surface area contributed by atoms with Gasteiger partial charge in [0.2, 0.25) is 5.91 Å². The number of methoxy groups -OCH3 is 2. The van der Waals surface area contributed by atoms with E-state index in [-0.39, 0.29) is 6.42 Å². The van der Waals surface area contributed by atoms with Gasteiger partial charge in [0.05, 0.1) is 19.1 Å². The molecule has 0 unspecified atom stereocenters. The standard InChI is InChI=1S/C18H27NO7/c1-7-9-10(16(21)23-6)12(19-11(20)8-2)13-14(22-5)15-17(24-13)26-18(3,4)25-15/h7-8,10,12-15,17H,1-2,9H2,3-6H3,(H,19,20)/t10-,12-,13+,14-,15+,17+/m0/s1. The third-order valence-electron chi connectivity index (χ3n) is 4.51. The van der Waals surface area contributed by atoms with Gasteiger partial charge in [-0.3, -0.25) is 9.59 Å². The van der Waals surface area contributed by atoms with Crippen LogP contribution in [0.15, 0.2) is 25.3 Å². The van der Waals surface area contributed by atoms with E-state index in [1.807, 2.05) is 0 Å². The molecule has 2 fully saturated rings. The van der Waals surface area contributed by atoms with E-state index >= 15 is 0 Å². The Balaban J connectivity index is 2.32. The smallest absolute Gasteiger partial charge is 0.311 e.